The third kappa shape index (κ3) is 4.33. The van der Waals surface area contributed by atoms with Crippen LogP contribution in [0.25, 0.3) is 0 Å². The van der Waals surface area contributed by atoms with Crippen LogP contribution in [0.1, 0.15) is 13.8 Å². The van der Waals surface area contributed by atoms with E-state index in [-0.39, 0.29) is 23.9 Å². The summed E-state index contributed by atoms with van der Waals surface area (Å²) in [4.78, 5) is 25.9. The Morgan fingerprint density at radius 2 is 2.26 bits per heavy atom. The van der Waals surface area contributed by atoms with Crippen molar-refractivity contribution in [2.75, 3.05) is 32.7 Å². The van der Waals surface area contributed by atoms with Gasteiger partial charge in [0.2, 0.25) is 11.8 Å². The number of amides is 2. The number of carbonyl (C=O) groups is 2. The van der Waals surface area contributed by atoms with Gasteiger partial charge in [0.25, 0.3) is 0 Å². The van der Waals surface area contributed by atoms with Crippen molar-refractivity contribution >= 4 is 11.8 Å². The number of carbonyl (C=O) groups excluding carboxylic acids is 2. The van der Waals surface area contributed by atoms with E-state index in [4.69, 9.17) is 0 Å². The van der Waals surface area contributed by atoms with E-state index in [0.717, 1.165) is 6.54 Å². The maximum absolute atomic E-state index is 12.0. The summed E-state index contributed by atoms with van der Waals surface area (Å²) in [6.45, 7) is 10.4. The summed E-state index contributed by atoms with van der Waals surface area (Å²) < 4.78 is 0. The summed E-state index contributed by atoms with van der Waals surface area (Å²) in [7, 11) is 0. The van der Waals surface area contributed by atoms with Crippen LogP contribution in [-0.4, -0.2) is 61.5 Å². The molecule has 6 nitrogen and oxygen atoms in total. The van der Waals surface area contributed by atoms with E-state index >= 15 is 0 Å². The van der Waals surface area contributed by atoms with Crippen molar-refractivity contribution in [3.05, 3.63) is 12.7 Å². The van der Waals surface area contributed by atoms with Crippen LogP contribution in [0.5, 0.6) is 0 Å². The lowest BCUT2D eigenvalue weighted by molar-refractivity contribution is -0.132. The van der Waals surface area contributed by atoms with Gasteiger partial charge in [0.1, 0.15) is 6.04 Å². The van der Waals surface area contributed by atoms with E-state index in [1.807, 2.05) is 18.7 Å². The van der Waals surface area contributed by atoms with Gasteiger partial charge in [-0.2, -0.15) is 0 Å². The predicted molar refractivity (Wildman–Crippen MR) is 74.7 cm³/mol. The normalized spacial score (nSPS) is 21.5. The molecule has 2 atom stereocenters. The third-order valence-corrected chi connectivity index (χ3v) is 3.24. The third-order valence-electron chi connectivity index (χ3n) is 3.24. The Labute approximate surface area is 114 Å². The van der Waals surface area contributed by atoms with Crippen LogP contribution in [0, 0.1) is 0 Å². The summed E-state index contributed by atoms with van der Waals surface area (Å²) in [6.07, 6.45) is 1.64. The second-order valence-corrected chi connectivity index (χ2v) is 4.56. The molecule has 0 spiro atoms. The second-order valence-electron chi connectivity index (χ2n) is 4.56. The Kier molecular flexibility index (Phi) is 6.52. The minimum absolute atomic E-state index is 0.0296. The average molecular weight is 268 g/mol. The molecule has 2 unspecified atom stereocenters. The van der Waals surface area contributed by atoms with Gasteiger partial charge in [0, 0.05) is 32.7 Å². The van der Waals surface area contributed by atoms with Crippen molar-refractivity contribution in [2.24, 2.45) is 0 Å². The number of piperazine rings is 1. The maximum atomic E-state index is 12.0. The number of rotatable bonds is 6. The maximum Gasteiger partial charge on any atom is 0.238 e. The summed E-state index contributed by atoms with van der Waals surface area (Å²) >= 11 is 0. The molecule has 0 aliphatic carbocycles. The first-order valence-electron chi connectivity index (χ1n) is 6.74. The number of likely N-dealkylation sites (N-methyl/N-ethyl adjacent to an activating group) is 1. The van der Waals surface area contributed by atoms with Crippen LogP contribution >= 0.6 is 0 Å². The lowest BCUT2D eigenvalue weighted by Gasteiger charge is -2.38. The van der Waals surface area contributed by atoms with Crippen molar-refractivity contribution in [3.8, 4) is 0 Å². The van der Waals surface area contributed by atoms with Crippen molar-refractivity contribution in [3.63, 3.8) is 0 Å². The fourth-order valence-electron chi connectivity index (χ4n) is 2.19. The highest BCUT2D eigenvalue weighted by Gasteiger charge is 2.34. The molecule has 0 aromatic carbocycles. The van der Waals surface area contributed by atoms with Gasteiger partial charge < -0.3 is 16.0 Å². The molecule has 6 heteroatoms. The van der Waals surface area contributed by atoms with Crippen LogP contribution in [0.2, 0.25) is 0 Å². The molecule has 19 heavy (non-hydrogen) atoms. The van der Waals surface area contributed by atoms with Crippen molar-refractivity contribution in [1.82, 2.24) is 20.9 Å². The number of nitrogens with zero attached hydrogens (tertiary/aromatic N) is 1. The van der Waals surface area contributed by atoms with Crippen molar-refractivity contribution in [2.45, 2.75) is 25.9 Å². The lowest BCUT2D eigenvalue weighted by atomic mass is 10.1. The molecule has 108 valence electrons. The highest BCUT2D eigenvalue weighted by atomic mass is 16.2. The molecule has 0 bridgehead atoms. The van der Waals surface area contributed by atoms with Gasteiger partial charge in [-0.3, -0.25) is 14.5 Å². The SMILES string of the molecule is C=CCNC(=O)C(C)N1CCNCC1C(=O)NCC. The minimum Gasteiger partial charge on any atom is -0.355 e. The number of hydrogen-bond donors (Lipinski definition) is 3. The largest absolute Gasteiger partial charge is 0.355 e. The van der Waals surface area contributed by atoms with Gasteiger partial charge in [0.15, 0.2) is 0 Å². The molecule has 0 aromatic heterocycles. The minimum atomic E-state index is -0.324. The van der Waals surface area contributed by atoms with E-state index in [2.05, 4.69) is 22.5 Å². The van der Waals surface area contributed by atoms with Gasteiger partial charge >= 0.3 is 0 Å². The van der Waals surface area contributed by atoms with Crippen LogP contribution in [0.3, 0.4) is 0 Å². The van der Waals surface area contributed by atoms with Gasteiger partial charge in [-0.05, 0) is 13.8 Å². The molecular formula is C13H24N4O2. The monoisotopic (exact) mass is 268 g/mol. The molecular weight excluding hydrogens is 244 g/mol. The van der Waals surface area contributed by atoms with Crippen LogP contribution in [0.15, 0.2) is 12.7 Å². The number of hydrogen-bond acceptors (Lipinski definition) is 4. The fraction of sp³-hybridized carbons (Fsp3) is 0.692. The van der Waals surface area contributed by atoms with Gasteiger partial charge in [-0.15, -0.1) is 6.58 Å². The van der Waals surface area contributed by atoms with E-state index < -0.39 is 0 Å². The molecule has 1 aliphatic rings. The van der Waals surface area contributed by atoms with Crippen LogP contribution in [0.4, 0.5) is 0 Å². The first-order valence-corrected chi connectivity index (χ1v) is 6.74. The predicted octanol–water partition coefficient (Wildman–Crippen LogP) is -0.913. The van der Waals surface area contributed by atoms with Gasteiger partial charge in [-0.1, -0.05) is 6.08 Å². The van der Waals surface area contributed by atoms with Crippen molar-refractivity contribution < 1.29 is 9.59 Å². The molecule has 1 fully saturated rings. The molecule has 0 radical (unpaired) electrons. The molecule has 1 heterocycles. The van der Waals surface area contributed by atoms with Crippen molar-refractivity contribution in [1.29, 1.82) is 0 Å². The molecule has 0 aromatic rings. The summed E-state index contributed by atoms with van der Waals surface area (Å²) in [5.74, 6) is -0.103. The van der Waals surface area contributed by atoms with E-state index in [0.29, 0.717) is 26.2 Å². The Bertz CT molecular complexity index is 333. The molecule has 0 saturated carbocycles. The van der Waals surface area contributed by atoms with E-state index in [1.165, 1.54) is 0 Å². The lowest BCUT2D eigenvalue weighted by Crippen LogP contribution is -2.62. The Hall–Kier alpha value is -1.40. The fourth-order valence-corrected chi connectivity index (χ4v) is 2.19. The summed E-state index contributed by atoms with van der Waals surface area (Å²) in [5, 5.41) is 8.77. The van der Waals surface area contributed by atoms with Crippen LogP contribution < -0.4 is 16.0 Å². The molecule has 1 saturated heterocycles. The second kappa shape index (κ2) is 7.91. The highest BCUT2D eigenvalue weighted by Crippen LogP contribution is 2.09. The Balaban J connectivity index is 2.67. The van der Waals surface area contributed by atoms with Gasteiger partial charge in [0.05, 0.1) is 6.04 Å². The Morgan fingerprint density at radius 3 is 2.89 bits per heavy atom. The highest BCUT2D eigenvalue weighted by molar-refractivity contribution is 5.85. The quantitative estimate of drug-likeness (QED) is 0.545. The topological polar surface area (TPSA) is 73.5 Å². The summed E-state index contributed by atoms with van der Waals surface area (Å²) in [6, 6.07) is -0.618. The number of nitrogens with one attached hydrogen (secondary N) is 3. The van der Waals surface area contributed by atoms with Gasteiger partial charge in [-0.25, -0.2) is 0 Å². The smallest absolute Gasteiger partial charge is 0.238 e. The molecule has 2 amide bonds. The molecule has 1 rings (SSSR count). The summed E-state index contributed by atoms with van der Waals surface area (Å²) in [5.41, 5.74) is 0. The standard InChI is InChI=1S/C13H24N4O2/c1-4-6-16-12(18)10(3)17-8-7-14-9-11(17)13(19)15-5-2/h4,10-11,14H,1,5-9H2,2-3H3,(H,15,19)(H,16,18). The Morgan fingerprint density at radius 1 is 1.53 bits per heavy atom. The average Bonchev–Trinajstić information content (AvgIpc) is 2.44. The van der Waals surface area contributed by atoms with E-state index in [9.17, 15) is 9.59 Å². The zero-order valence-electron chi connectivity index (χ0n) is 11.7. The first kappa shape index (κ1) is 15.7. The zero-order valence-corrected chi connectivity index (χ0v) is 11.7. The molecule has 1 aliphatic heterocycles. The van der Waals surface area contributed by atoms with Crippen LogP contribution in [-0.2, 0) is 9.59 Å². The molecule has 3 N–H and O–H groups in total. The zero-order chi connectivity index (χ0) is 14.3. The van der Waals surface area contributed by atoms with E-state index in [1.54, 1.807) is 6.08 Å². The first-order chi connectivity index (χ1) is 9.11.